The molecule has 1 aliphatic carbocycles. The van der Waals surface area contributed by atoms with E-state index >= 15 is 0 Å². The second-order valence-corrected chi connectivity index (χ2v) is 14.8. The molecule has 0 unspecified atom stereocenters. The first-order valence-electron chi connectivity index (χ1n) is 19.2. The van der Waals surface area contributed by atoms with Crippen molar-refractivity contribution in [2.45, 2.75) is 6.42 Å². The number of hydrogen-bond donors (Lipinski definition) is 0. The molecule has 1 aliphatic rings. The molecule has 10 radical (unpaired) electrons. The minimum absolute atomic E-state index is 0.212. The Hall–Kier alpha value is -6.58. The van der Waals surface area contributed by atoms with Gasteiger partial charge in [-0.25, -0.2) is 9.97 Å². The highest BCUT2D eigenvalue weighted by atomic mass is 14.9. The quantitative estimate of drug-likeness (QED) is 0.170. The van der Waals surface area contributed by atoms with Crippen LogP contribution in [0.5, 0.6) is 0 Å². The zero-order valence-electron chi connectivity index (χ0n) is 31.6. The van der Waals surface area contributed by atoms with Crippen LogP contribution < -0.4 is 27.3 Å². The minimum atomic E-state index is 0.212. The number of nitrogens with zero attached hydrogens (tertiary/aromatic N) is 2. The van der Waals surface area contributed by atoms with E-state index in [2.05, 4.69) is 133 Å². The molecule has 1 heterocycles. The van der Waals surface area contributed by atoms with Gasteiger partial charge in [0.1, 0.15) is 39.2 Å². The zero-order valence-corrected chi connectivity index (χ0v) is 31.6. The molecule has 0 aliphatic heterocycles. The van der Waals surface area contributed by atoms with Crippen LogP contribution in [-0.4, -0.2) is 49.2 Å². The predicted molar refractivity (Wildman–Crippen MR) is 247 cm³/mol. The molecule has 10 rings (SSSR count). The largest absolute Gasteiger partial charge is 0.228 e. The van der Waals surface area contributed by atoms with Gasteiger partial charge in [0.2, 0.25) is 0 Å². The summed E-state index contributed by atoms with van der Waals surface area (Å²) in [5.74, 6) is 0.682. The van der Waals surface area contributed by atoms with Crippen LogP contribution in [0.1, 0.15) is 11.1 Å². The van der Waals surface area contributed by atoms with Crippen molar-refractivity contribution in [3.63, 3.8) is 0 Å². The molecular formula is C51H29B5N2. The smallest absolute Gasteiger partial charge is 0.160 e. The lowest BCUT2D eigenvalue weighted by Crippen LogP contribution is -2.55. The van der Waals surface area contributed by atoms with Gasteiger partial charge in [0, 0.05) is 16.7 Å². The molecule has 258 valence electrons. The lowest BCUT2D eigenvalue weighted by atomic mass is 9.59. The number of rotatable bonds is 6. The summed E-state index contributed by atoms with van der Waals surface area (Å²) < 4.78 is 0. The normalized spacial score (nSPS) is 11.7. The van der Waals surface area contributed by atoms with Gasteiger partial charge in [-0.2, -0.15) is 0 Å². The molecular weight excluding hydrogens is 695 g/mol. The summed E-state index contributed by atoms with van der Waals surface area (Å²) in [4.78, 5) is 10.3. The summed E-state index contributed by atoms with van der Waals surface area (Å²) in [7, 11) is 31.4. The van der Waals surface area contributed by atoms with E-state index in [4.69, 9.17) is 49.2 Å². The topological polar surface area (TPSA) is 25.8 Å². The first-order valence-corrected chi connectivity index (χ1v) is 19.2. The first kappa shape index (κ1) is 35.8. The van der Waals surface area contributed by atoms with Crippen molar-refractivity contribution in [2.75, 3.05) is 0 Å². The molecule has 0 amide bonds. The molecule has 2 nitrogen and oxygen atoms in total. The maximum absolute atomic E-state index is 6.44. The molecule has 0 N–H and O–H groups in total. The average Bonchev–Trinajstić information content (AvgIpc) is 3.65. The number of fused-ring (bicyclic) bond motifs is 4. The fraction of sp³-hybridized carbons (Fsp3) is 0.0196. The molecule has 1 aromatic heterocycles. The molecule has 0 atom stereocenters. The third-order valence-corrected chi connectivity index (χ3v) is 11.4. The summed E-state index contributed by atoms with van der Waals surface area (Å²) in [6, 6.07) is 57.4. The van der Waals surface area contributed by atoms with Gasteiger partial charge >= 0.3 is 0 Å². The van der Waals surface area contributed by atoms with Gasteiger partial charge in [-0.05, 0) is 85.0 Å². The molecule has 7 heteroatoms. The molecule has 0 fully saturated rings. The second kappa shape index (κ2) is 14.4. The Labute approximate surface area is 345 Å². The number of benzene rings is 8. The Morgan fingerprint density at radius 1 is 0.328 bits per heavy atom. The maximum atomic E-state index is 6.44. The molecule has 9 aromatic rings. The average molecular weight is 724 g/mol. The lowest BCUT2D eigenvalue weighted by molar-refractivity contribution is 1.18. The molecule has 0 saturated heterocycles. The van der Waals surface area contributed by atoms with Crippen LogP contribution in [0.15, 0.2) is 164 Å². The van der Waals surface area contributed by atoms with Gasteiger partial charge < -0.3 is 0 Å². The zero-order chi connectivity index (χ0) is 39.5. The van der Waals surface area contributed by atoms with Gasteiger partial charge in [0.05, 0.1) is 11.4 Å². The Morgan fingerprint density at radius 2 is 0.828 bits per heavy atom. The van der Waals surface area contributed by atoms with Crippen molar-refractivity contribution in [3.8, 4) is 78.4 Å². The Kier molecular flexibility index (Phi) is 8.90. The van der Waals surface area contributed by atoms with E-state index in [0.29, 0.717) is 22.3 Å². The highest BCUT2D eigenvalue weighted by Gasteiger charge is 2.22. The molecule has 0 saturated carbocycles. The molecule has 58 heavy (non-hydrogen) atoms. The summed E-state index contributed by atoms with van der Waals surface area (Å²) >= 11 is 0. The van der Waals surface area contributed by atoms with Gasteiger partial charge in [-0.3, -0.25) is 0 Å². The van der Waals surface area contributed by atoms with E-state index in [1.807, 2.05) is 30.3 Å². The summed E-state index contributed by atoms with van der Waals surface area (Å²) in [5.41, 5.74) is 17.0. The van der Waals surface area contributed by atoms with E-state index in [9.17, 15) is 0 Å². The van der Waals surface area contributed by atoms with Gasteiger partial charge in [-0.1, -0.05) is 163 Å². The predicted octanol–water partition coefficient (Wildman–Crippen LogP) is 7.17. The number of hydrogen-bond acceptors (Lipinski definition) is 2. The summed E-state index contributed by atoms with van der Waals surface area (Å²) in [5, 5.41) is 2.27. The fourth-order valence-electron chi connectivity index (χ4n) is 8.41. The SMILES string of the molecule is [B]c1c([B])c([B])c(-c2ccc3c(c2)Cc2cc(-c4ccc(-c5cc(-c6cccc(-c7ccccc7)c6)nc(-c6ccccc6)n5)c5ccccc45)ccc2-3)c([B])c1[B]. The van der Waals surface area contributed by atoms with Crippen molar-refractivity contribution in [1.82, 2.24) is 9.97 Å². The van der Waals surface area contributed by atoms with Gasteiger partial charge in [0.15, 0.2) is 5.82 Å². The van der Waals surface area contributed by atoms with Gasteiger partial charge in [0.25, 0.3) is 0 Å². The van der Waals surface area contributed by atoms with Crippen LogP contribution >= 0.6 is 0 Å². The summed E-state index contributed by atoms with van der Waals surface area (Å²) in [6.07, 6.45) is 0.763. The maximum Gasteiger partial charge on any atom is 0.160 e. The standard InChI is InChI=1S/C51H29B5N2/c52-46-45(47(53)49(55)50(56)48(46)54)34-19-21-39-36(26-34)27-35-25-32(18-20-38(35)39)37-22-23-42(41-17-8-7-16-40(37)41)44-28-43(57-51(58-44)30-12-5-2-6-13-30)33-15-9-14-31(24-33)29-10-3-1-4-11-29/h1-26,28H,27H2. The Morgan fingerprint density at radius 3 is 1.52 bits per heavy atom. The number of aromatic nitrogens is 2. The summed E-state index contributed by atoms with van der Waals surface area (Å²) in [6.45, 7) is 0. The monoisotopic (exact) mass is 724 g/mol. The van der Waals surface area contributed by atoms with E-state index in [-0.39, 0.29) is 16.4 Å². The minimum Gasteiger partial charge on any atom is -0.228 e. The lowest BCUT2D eigenvalue weighted by Gasteiger charge is -2.21. The fourth-order valence-corrected chi connectivity index (χ4v) is 8.41. The van der Waals surface area contributed by atoms with Crippen molar-refractivity contribution >= 4 is 77.3 Å². The third-order valence-electron chi connectivity index (χ3n) is 11.4. The molecule has 0 bridgehead atoms. The second-order valence-electron chi connectivity index (χ2n) is 14.8. The third kappa shape index (κ3) is 6.14. The van der Waals surface area contributed by atoms with Crippen molar-refractivity contribution in [2.24, 2.45) is 0 Å². The first-order chi connectivity index (χ1) is 28.3. The van der Waals surface area contributed by atoms with E-state index < -0.39 is 0 Å². The van der Waals surface area contributed by atoms with Crippen LogP contribution in [0.2, 0.25) is 0 Å². The van der Waals surface area contributed by atoms with Crippen molar-refractivity contribution in [3.05, 3.63) is 175 Å². The molecule has 0 spiro atoms. The van der Waals surface area contributed by atoms with Crippen LogP contribution in [0, 0.1) is 0 Å². The van der Waals surface area contributed by atoms with Crippen LogP contribution in [-0.2, 0) is 6.42 Å². The Bertz CT molecular complexity index is 3060. The van der Waals surface area contributed by atoms with E-state index in [1.165, 1.54) is 22.3 Å². The van der Waals surface area contributed by atoms with Crippen molar-refractivity contribution in [1.29, 1.82) is 0 Å². The van der Waals surface area contributed by atoms with E-state index in [0.717, 1.165) is 73.1 Å². The van der Waals surface area contributed by atoms with Crippen molar-refractivity contribution < 1.29 is 0 Å². The highest BCUT2D eigenvalue weighted by Crippen LogP contribution is 2.42. The highest BCUT2D eigenvalue weighted by molar-refractivity contribution is 6.68. The molecule has 8 aromatic carbocycles. The van der Waals surface area contributed by atoms with E-state index in [1.54, 1.807) is 0 Å². The van der Waals surface area contributed by atoms with Crippen LogP contribution in [0.25, 0.3) is 89.2 Å². The van der Waals surface area contributed by atoms with Crippen LogP contribution in [0.3, 0.4) is 0 Å². The van der Waals surface area contributed by atoms with Crippen LogP contribution in [0.4, 0.5) is 0 Å². The Balaban J connectivity index is 1.05. The van der Waals surface area contributed by atoms with Gasteiger partial charge in [-0.15, -0.1) is 16.4 Å².